The van der Waals surface area contributed by atoms with E-state index in [-0.39, 0.29) is 17.3 Å². The van der Waals surface area contributed by atoms with E-state index in [1.807, 2.05) is 24.3 Å². The summed E-state index contributed by atoms with van der Waals surface area (Å²) in [6, 6.07) is 22.5. The number of rotatable bonds is 8. The summed E-state index contributed by atoms with van der Waals surface area (Å²) in [7, 11) is -0.340. The lowest BCUT2D eigenvalue weighted by molar-refractivity contribution is 0.0785. The standard InChI is InChI=1S/C24H26N2O4S/c1-4-26(31(28,29)23-11-6-5-7-12-23)21-15-13-20(14-16-21)24(27)25(2)18-19-9-8-10-22(17-19)30-3/h5-17H,4,18H2,1-3H3. The van der Waals surface area contributed by atoms with Crippen LogP contribution in [0.5, 0.6) is 5.75 Å². The molecule has 0 saturated carbocycles. The summed E-state index contributed by atoms with van der Waals surface area (Å²) in [5, 5.41) is 0. The van der Waals surface area contributed by atoms with Crippen molar-refractivity contribution >= 4 is 21.6 Å². The lowest BCUT2D eigenvalue weighted by atomic mass is 10.1. The Balaban J connectivity index is 1.77. The summed E-state index contributed by atoms with van der Waals surface area (Å²) < 4.78 is 32.5. The van der Waals surface area contributed by atoms with E-state index in [1.54, 1.807) is 80.6 Å². The predicted molar refractivity (Wildman–Crippen MR) is 122 cm³/mol. The first-order valence-corrected chi connectivity index (χ1v) is 11.4. The van der Waals surface area contributed by atoms with Crippen molar-refractivity contribution in [2.24, 2.45) is 0 Å². The van der Waals surface area contributed by atoms with Gasteiger partial charge in [-0.3, -0.25) is 9.10 Å². The SMILES string of the molecule is CCN(c1ccc(C(=O)N(C)Cc2cccc(OC)c2)cc1)S(=O)(=O)c1ccccc1. The normalized spacial score (nSPS) is 11.1. The van der Waals surface area contributed by atoms with Crippen LogP contribution in [0, 0.1) is 0 Å². The van der Waals surface area contributed by atoms with Gasteiger partial charge in [0.1, 0.15) is 5.75 Å². The number of hydrogen-bond acceptors (Lipinski definition) is 4. The van der Waals surface area contributed by atoms with Crippen LogP contribution in [-0.4, -0.2) is 39.9 Å². The number of amides is 1. The van der Waals surface area contributed by atoms with Crippen LogP contribution in [0.15, 0.2) is 83.8 Å². The summed E-state index contributed by atoms with van der Waals surface area (Å²) in [5.41, 5.74) is 1.96. The molecule has 0 heterocycles. The van der Waals surface area contributed by atoms with Gasteiger partial charge in [0.05, 0.1) is 17.7 Å². The van der Waals surface area contributed by atoms with E-state index in [0.29, 0.717) is 17.8 Å². The first-order chi connectivity index (χ1) is 14.9. The van der Waals surface area contributed by atoms with E-state index in [9.17, 15) is 13.2 Å². The zero-order valence-corrected chi connectivity index (χ0v) is 18.7. The third-order valence-electron chi connectivity index (χ3n) is 4.92. The summed E-state index contributed by atoms with van der Waals surface area (Å²) in [5.74, 6) is 0.588. The van der Waals surface area contributed by atoms with Crippen LogP contribution in [-0.2, 0) is 16.6 Å². The number of nitrogens with zero attached hydrogens (tertiary/aromatic N) is 2. The second kappa shape index (κ2) is 9.66. The van der Waals surface area contributed by atoms with Crippen LogP contribution in [0.4, 0.5) is 5.69 Å². The van der Waals surface area contributed by atoms with Gasteiger partial charge in [0, 0.05) is 25.7 Å². The summed E-state index contributed by atoms with van der Waals surface area (Å²) in [6.07, 6.45) is 0. The molecule has 3 aromatic rings. The molecule has 0 bridgehead atoms. The molecule has 0 unspecified atom stereocenters. The minimum Gasteiger partial charge on any atom is -0.497 e. The zero-order valence-electron chi connectivity index (χ0n) is 17.9. The Bertz CT molecular complexity index is 1130. The van der Waals surface area contributed by atoms with E-state index in [0.717, 1.165) is 11.3 Å². The van der Waals surface area contributed by atoms with Gasteiger partial charge in [-0.2, -0.15) is 0 Å². The average molecular weight is 439 g/mol. The van der Waals surface area contributed by atoms with Crippen LogP contribution < -0.4 is 9.04 Å². The quantitative estimate of drug-likeness (QED) is 0.529. The second-order valence-corrected chi connectivity index (χ2v) is 8.90. The topological polar surface area (TPSA) is 66.9 Å². The Kier molecular flexibility index (Phi) is 6.97. The molecule has 0 spiro atoms. The second-order valence-electron chi connectivity index (χ2n) is 7.04. The molecular formula is C24H26N2O4S. The van der Waals surface area contributed by atoms with Gasteiger partial charge in [-0.05, 0) is 61.0 Å². The number of ether oxygens (including phenoxy) is 1. The maximum absolute atomic E-state index is 13.0. The molecule has 3 aromatic carbocycles. The van der Waals surface area contributed by atoms with Gasteiger partial charge in [-0.1, -0.05) is 30.3 Å². The Morgan fingerprint density at radius 2 is 1.61 bits per heavy atom. The highest BCUT2D eigenvalue weighted by Crippen LogP contribution is 2.24. The lowest BCUT2D eigenvalue weighted by Crippen LogP contribution is -2.31. The largest absolute Gasteiger partial charge is 0.497 e. The zero-order chi connectivity index (χ0) is 22.4. The molecule has 162 valence electrons. The highest BCUT2D eigenvalue weighted by Gasteiger charge is 2.23. The molecule has 0 radical (unpaired) electrons. The number of sulfonamides is 1. The predicted octanol–water partition coefficient (Wildman–Crippen LogP) is 4.18. The van der Waals surface area contributed by atoms with Gasteiger partial charge in [-0.15, -0.1) is 0 Å². The summed E-state index contributed by atoms with van der Waals surface area (Å²) in [6.45, 7) is 2.49. The van der Waals surface area contributed by atoms with Crippen molar-refractivity contribution in [2.45, 2.75) is 18.4 Å². The number of hydrogen-bond donors (Lipinski definition) is 0. The Hall–Kier alpha value is -3.32. The molecule has 7 heteroatoms. The van der Waals surface area contributed by atoms with Gasteiger partial charge in [0.25, 0.3) is 15.9 Å². The van der Waals surface area contributed by atoms with Gasteiger partial charge in [0.15, 0.2) is 0 Å². The van der Waals surface area contributed by atoms with Crippen LogP contribution >= 0.6 is 0 Å². The van der Waals surface area contributed by atoms with Crippen molar-refractivity contribution < 1.29 is 17.9 Å². The fraction of sp³-hybridized carbons (Fsp3) is 0.208. The van der Waals surface area contributed by atoms with Crippen molar-refractivity contribution in [3.05, 3.63) is 90.0 Å². The van der Waals surface area contributed by atoms with Crippen LogP contribution in [0.2, 0.25) is 0 Å². The van der Waals surface area contributed by atoms with Crippen molar-refractivity contribution in [1.82, 2.24) is 4.90 Å². The molecular weight excluding hydrogens is 412 g/mol. The highest BCUT2D eigenvalue weighted by molar-refractivity contribution is 7.92. The molecule has 0 aliphatic carbocycles. The minimum atomic E-state index is -3.67. The van der Waals surface area contributed by atoms with Gasteiger partial charge < -0.3 is 9.64 Å². The van der Waals surface area contributed by atoms with Crippen molar-refractivity contribution in [1.29, 1.82) is 0 Å². The van der Waals surface area contributed by atoms with Crippen LogP contribution in [0.1, 0.15) is 22.8 Å². The molecule has 0 aromatic heterocycles. The average Bonchev–Trinajstić information content (AvgIpc) is 2.80. The molecule has 0 aliphatic rings. The Morgan fingerprint density at radius 1 is 0.935 bits per heavy atom. The summed E-state index contributed by atoms with van der Waals surface area (Å²) in [4.78, 5) is 14.7. The number of carbonyl (C=O) groups excluding carboxylic acids is 1. The molecule has 0 N–H and O–H groups in total. The van der Waals surface area contributed by atoms with Crippen molar-refractivity contribution in [3.8, 4) is 5.75 Å². The molecule has 0 atom stereocenters. The van der Waals surface area contributed by atoms with Gasteiger partial charge in [-0.25, -0.2) is 8.42 Å². The van der Waals surface area contributed by atoms with E-state index in [4.69, 9.17) is 4.74 Å². The van der Waals surface area contributed by atoms with Gasteiger partial charge >= 0.3 is 0 Å². The van der Waals surface area contributed by atoms with E-state index < -0.39 is 10.0 Å². The fourth-order valence-corrected chi connectivity index (χ4v) is 4.81. The van der Waals surface area contributed by atoms with Gasteiger partial charge in [0.2, 0.25) is 0 Å². The number of benzene rings is 3. The first-order valence-electron chi connectivity index (χ1n) is 9.93. The first kappa shape index (κ1) is 22.4. The van der Waals surface area contributed by atoms with Crippen molar-refractivity contribution in [2.75, 3.05) is 25.0 Å². The van der Waals surface area contributed by atoms with Crippen LogP contribution in [0.3, 0.4) is 0 Å². The fourth-order valence-electron chi connectivity index (χ4n) is 3.32. The number of anilines is 1. The molecule has 31 heavy (non-hydrogen) atoms. The molecule has 0 saturated heterocycles. The summed E-state index contributed by atoms with van der Waals surface area (Å²) >= 11 is 0. The molecule has 6 nitrogen and oxygen atoms in total. The molecule has 0 aliphatic heterocycles. The van der Waals surface area contributed by atoms with E-state index >= 15 is 0 Å². The van der Waals surface area contributed by atoms with E-state index in [2.05, 4.69) is 0 Å². The molecule has 0 fully saturated rings. The Morgan fingerprint density at radius 3 is 2.23 bits per heavy atom. The van der Waals surface area contributed by atoms with Crippen LogP contribution in [0.25, 0.3) is 0 Å². The Labute approximate surface area is 183 Å². The number of carbonyl (C=O) groups is 1. The smallest absolute Gasteiger partial charge is 0.264 e. The number of methoxy groups -OCH3 is 1. The highest BCUT2D eigenvalue weighted by atomic mass is 32.2. The lowest BCUT2D eigenvalue weighted by Gasteiger charge is -2.23. The molecule has 3 rings (SSSR count). The third-order valence-corrected chi connectivity index (χ3v) is 6.84. The van der Waals surface area contributed by atoms with E-state index in [1.165, 1.54) is 4.31 Å². The maximum atomic E-state index is 13.0. The minimum absolute atomic E-state index is 0.150. The van der Waals surface area contributed by atoms with Crippen molar-refractivity contribution in [3.63, 3.8) is 0 Å². The monoisotopic (exact) mass is 438 g/mol. The maximum Gasteiger partial charge on any atom is 0.264 e. The third kappa shape index (κ3) is 5.06. The molecule has 1 amide bonds.